The largest absolute Gasteiger partial charge is 0.390 e. The molecule has 0 saturated carbocycles. The van der Waals surface area contributed by atoms with Crippen molar-refractivity contribution < 1.29 is 9.90 Å². The molecule has 1 amide bonds. The molecule has 8 heteroatoms. The minimum atomic E-state index is -0.742. The predicted molar refractivity (Wildman–Crippen MR) is 139 cm³/mol. The van der Waals surface area contributed by atoms with Crippen molar-refractivity contribution >= 4 is 46.0 Å². The fourth-order valence-corrected chi connectivity index (χ4v) is 5.51. The molecule has 3 aromatic rings. The van der Waals surface area contributed by atoms with Crippen molar-refractivity contribution in [3.8, 4) is 0 Å². The number of aryl methyl sites for hydroxylation is 2. The number of carbonyl (C=O) groups is 1. The maximum Gasteiger partial charge on any atom is 0.251 e. The van der Waals surface area contributed by atoms with Crippen LogP contribution in [0.1, 0.15) is 28.4 Å². The molecule has 176 valence electrons. The van der Waals surface area contributed by atoms with Gasteiger partial charge in [-0.15, -0.1) is 0 Å². The minimum absolute atomic E-state index is 0.187. The van der Waals surface area contributed by atoms with Crippen LogP contribution in [0.25, 0.3) is 10.9 Å². The summed E-state index contributed by atoms with van der Waals surface area (Å²) in [5.41, 5.74) is 5.04. The first-order valence-corrected chi connectivity index (χ1v) is 12.6. The zero-order valence-corrected chi connectivity index (χ0v) is 20.8. The van der Waals surface area contributed by atoms with Gasteiger partial charge in [0.1, 0.15) is 0 Å². The van der Waals surface area contributed by atoms with Crippen LogP contribution in [-0.2, 0) is 19.4 Å². The second-order valence-electron chi connectivity index (χ2n) is 8.46. The molecule has 4 rings (SSSR count). The fourth-order valence-electron chi connectivity index (χ4n) is 4.47. The summed E-state index contributed by atoms with van der Waals surface area (Å²) in [5, 5.41) is 18.6. The Bertz CT molecular complexity index is 1150. The summed E-state index contributed by atoms with van der Waals surface area (Å²) in [6.45, 7) is 3.46. The van der Waals surface area contributed by atoms with Crippen LogP contribution in [0.5, 0.6) is 0 Å². The number of hydrogen-bond donors (Lipinski definition) is 3. The second-order valence-corrected chi connectivity index (χ2v) is 10.1. The van der Waals surface area contributed by atoms with E-state index in [-0.39, 0.29) is 5.91 Å². The molecular weight excluding hydrogens is 456 g/mol. The van der Waals surface area contributed by atoms with Gasteiger partial charge >= 0.3 is 0 Å². The smallest absolute Gasteiger partial charge is 0.251 e. The van der Waals surface area contributed by atoms with Crippen LogP contribution in [0.3, 0.4) is 0 Å². The van der Waals surface area contributed by atoms with Crippen LogP contribution in [0, 0.1) is 0 Å². The number of likely N-dealkylation sites (N-methyl/N-ethyl adjacent to an activating group) is 1. The number of benzene rings is 2. The van der Waals surface area contributed by atoms with Crippen LogP contribution in [0.2, 0.25) is 5.02 Å². The van der Waals surface area contributed by atoms with Crippen molar-refractivity contribution in [3.63, 3.8) is 0 Å². The van der Waals surface area contributed by atoms with Gasteiger partial charge in [0.15, 0.2) is 0 Å². The van der Waals surface area contributed by atoms with E-state index in [1.54, 1.807) is 19.0 Å². The van der Waals surface area contributed by atoms with E-state index >= 15 is 0 Å². The molecule has 0 radical (unpaired) electrons. The Balaban J connectivity index is 1.67. The number of aliphatic hydroxyl groups is 1. The Morgan fingerprint density at radius 2 is 2.12 bits per heavy atom. The van der Waals surface area contributed by atoms with Crippen LogP contribution in [-0.4, -0.2) is 54.1 Å². The van der Waals surface area contributed by atoms with Crippen molar-refractivity contribution in [1.82, 2.24) is 15.2 Å². The number of aromatic nitrogens is 1. The quantitative estimate of drug-likeness (QED) is 0.421. The molecule has 2 aromatic carbocycles. The van der Waals surface area contributed by atoms with Gasteiger partial charge in [-0.25, -0.2) is 0 Å². The molecule has 2 atom stereocenters. The Morgan fingerprint density at radius 3 is 2.85 bits per heavy atom. The average molecular weight is 487 g/mol. The molecule has 1 aromatic heterocycles. The van der Waals surface area contributed by atoms with Gasteiger partial charge in [-0.1, -0.05) is 30.7 Å². The standard InChI is InChI=1S/C25H31ClN4O2S/c1-4-17-15-30-8-9-33-29(3)22-13-18(12-20(17)24(22)30)25(32)28-21(23(31)14-27-2)11-16-6-5-7-19(26)10-16/h5-7,10,12-13,15,21,23,27,31H,4,8-9,11,14H2,1-3H3,(H,28,32)/t21-,23+/m0/s1. The number of carbonyl (C=O) groups excluding carboxylic acids is 1. The highest BCUT2D eigenvalue weighted by molar-refractivity contribution is 8.00. The van der Waals surface area contributed by atoms with Gasteiger partial charge in [-0.05, 0) is 67.2 Å². The van der Waals surface area contributed by atoms with E-state index in [1.165, 1.54) is 11.1 Å². The van der Waals surface area contributed by atoms with Gasteiger partial charge in [-0.2, -0.15) is 0 Å². The third kappa shape index (κ3) is 5.17. The predicted octanol–water partition coefficient (Wildman–Crippen LogP) is 3.88. The molecule has 33 heavy (non-hydrogen) atoms. The molecule has 0 bridgehead atoms. The lowest BCUT2D eigenvalue weighted by Gasteiger charge is -2.25. The van der Waals surface area contributed by atoms with Gasteiger partial charge in [-0.3, -0.25) is 4.79 Å². The van der Waals surface area contributed by atoms with E-state index < -0.39 is 12.1 Å². The topological polar surface area (TPSA) is 69.5 Å². The number of amides is 1. The first kappa shape index (κ1) is 24.0. The number of nitrogens with one attached hydrogen (secondary N) is 2. The average Bonchev–Trinajstić information content (AvgIpc) is 3.07. The van der Waals surface area contributed by atoms with Crippen molar-refractivity contribution in [2.24, 2.45) is 0 Å². The van der Waals surface area contributed by atoms with E-state index in [0.717, 1.165) is 35.4 Å². The lowest BCUT2D eigenvalue weighted by Crippen LogP contribution is -2.48. The molecule has 1 aliphatic rings. The Morgan fingerprint density at radius 1 is 1.30 bits per heavy atom. The van der Waals surface area contributed by atoms with Crippen molar-refractivity contribution in [2.75, 3.05) is 30.7 Å². The van der Waals surface area contributed by atoms with Crippen LogP contribution in [0.4, 0.5) is 5.69 Å². The minimum Gasteiger partial charge on any atom is -0.390 e. The summed E-state index contributed by atoms with van der Waals surface area (Å²) in [6.07, 6.45) is 2.86. The third-order valence-electron chi connectivity index (χ3n) is 6.17. The van der Waals surface area contributed by atoms with Crippen molar-refractivity contribution in [3.05, 3.63) is 64.3 Å². The molecule has 0 saturated heterocycles. The molecule has 2 heterocycles. The van der Waals surface area contributed by atoms with Crippen LogP contribution in [0.15, 0.2) is 42.6 Å². The molecule has 6 nitrogen and oxygen atoms in total. The van der Waals surface area contributed by atoms with Gasteiger partial charge in [0.05, 0.1) is 23.3 Å². The molecule has 0 aliphatic carbocycles. The number of halogens is 1. The van der Waals surface area contributed by atoms with E-state index in [0.29, 0.717) is 23.6 Å². The first-order chi connectivity index (χ1) is 15.9. The Kier molecular flexibility index (Phi) is 7.54. The van der Waals surface area contributed by atoms with E-state index in [1.807, 2.05) is 43.4 Å². The number of aliphatic hydroxyl groups excluding tert-OH is 1. The van der Waals surface area contributed by atoms with Crippen molar-refractivity contribution in [1.29, 1.82) is 0 Å². The summed E-state index contributed by atoms with van der Waals surface area (Å²) in [6, 6.07) is 11.0. The van der Waals surface area contributed by atoms with E-state index in [9.17, 15) is 9.90 Å². The Labute approximate surface area is 204 Å². The molecule has 0 unspecified atom stereocenters. The Hall–Kier alpha value is -2.19. The second kappa shape index (κ2) is 10.4. The summed E-state index contributed by atoms with van der Waals surface area (Å²) in [7, 11) is 3.83. The maximum absolute atomic E-state index is 13.4. The van der Waals surface area contributed by atoms with E-state index in [2.05, 4.69) is 32.6 Å². The van der Waals surface area contributed by atoms with Crippen LogP contribution >= 0.6 is 23.5 Å². The monoisotopic (exact) mass is 486 g/mol. The van der Waals surface area contributed by atoms with Crippen molar-refractivity contribution in [2.45, 2.75) is 38.5 Å². The van der Waals surface area contributed by atoms with Gasteiger partial charge in [0.2, 0.25) is 0 Å². The summed E-state index contributed by atoms with van der Waals surface area (Å²) in [4.78, 5) is 13.4. The van der Waals surface area contributed by atoms with Gasteiger partial charge < -0.3 is 24.6 Å². The van der Waals surface area contributed by atoms with E-state index in [4.69, 9.17) is 11.6 Å². The highest BCUT2D eigenvalue weighted by Crippen LogP contribution is 2.37. The molecule has 0 spiro atoms. The molecule has 3 N–H and O–H groups in total. The fraction of sp³-hybridized carbons (Fsp3) is 0.400. The number of nitrogens with zero attached hydrogens (tertiary/aromatic N) is 2. The highest BCUT2D eigenvalue weighted by Gasteiger charge is 2.25. The van der Waals surface area contributed by atoms with Gasteiger partial charge in [0, 0.05) is 48.1 Å². The number of hydrogen-bond acceptors (Lipinski definition) is 5. The van der Waals surface area contributed by atoms with Crippen LogP contribution < -0.4 is 14.9 Å². The highest BCUT2D eigenvalue weighted by atomic mass is 35.5. The zero-order chi connectivity index (χ0) is 23.5. The van der Waals surface area contributed by atoms with Gasteiger partial charge in [0.25, 0.3) is 5.91 Å². The molecule has 1 aliphatic heterocycles. The SMILES string of the molecule is CCc1cn2c3c(cc(C(=O)N[C@@H](Cc4cccc(Cl)c4)[C@H](O)CNC)cc13)N(C)SCC2. The number of rotatable bonds is 8. The number of anilines is 1. The lowest BCUT2D eigenvalue weighted by molar-refractivity contribution is 0.0834. The summed E-state index contributed by atoms with van der Waals surface area (Å²) in [5.74, 6) is 0.796. The normalized spacial score (nSPS) is 15.4. The molecular formula is C25H31ClN4O2S. The molecule has 0 fully saturated rings. The lowest BCUT2D eigenvalue weighted by atomic mass is 10.00. The third-order valence-corrected chi connectivity index (χ3v) is 7.36. The zero-order valence-electron chi connectivity index (χ0n) is 19.3. The summed E-state index contributed by atoms with van der Waals surface area (Å²) >= 11 is 7.91. The first-order valence-electron chi connectivity index (χ1n) is 11.3. The maximum atomic E-state index is 13.4. The summed E-state index contributed by atoms with van der Waals surface area (Å²) < 4.78 is 4.46.